The fourth-order valence-electron chi connectivity index (χ4n) is 2.23. The Bertz CT molecular complexity index is 372. The zero-order chi connectivity index (χ0) is 11.5. The minimum Gasteiger partial charge on any atom is -0.342 e. The maximum absolute atomic E-state index is 11.3. The Kier molecular flexibility index (Phi) is 3.22. The van der Waals surface area contributed by atoms with Crippen molar-refractivity contribution >= 4 is 5.91 Å². The zero-order valence-electron chi connectivity index (χ0n) is 9.94. The van der Waals surface area contributed by atoms with Crippen molar-refractivity contribution in [2.45, 2.75) is 32.6 Å². The van der Waals surface area contributed by atoms with E-state index in [1.165, 1.54) is 5.56 Å². The smallest absolute Gasteiger partial charge is 0.219 e. The number of carbonyl (C=O) groups is 1. The van der Waals surface area contributed by atoms with E-state index in [0.717, 1.165) is 31.6 Å². The highest BCUT2D eigenvalue weighted by molar-refractivity contribution is 5.73. The zero-order valence-corrected chi connectivity index (χ0v) is 9.94. The fourth-order valence-corrected chi connectivity index (χ4v) is 2.23. The van der Waals surface area contributed by atoms with E-state index in [0.29, 0.717) is 5.92 Å². The summed E-state index contributed by atoms with van der Waals surface area (Å²) < 4.78 is 0. The van der Waals surface area contributed by atoms with Crippen LogP contribution in [0.2, 0.25) is 0 Å². The summed E-state index contributed by atoms with van der Waals surface area (Å²) in [5.74, 6) is 0.593. The largest absolute Gasteiger partial charge is 0.342 e. The number of aryl methyl sites for hydroxylation is 1. The van der Waals surface area contributed by atoms with Crippen molar-refractivity contribution in [1.82, 2.24) is 9.88 Å². The number of piperidine rings is 1. The molecule has 0 bridgehead atoms. The Hall–Kier alpha value is -1.38. The van der Waals surface area contributed by atoms with Crippen LogP contribution in [0.4, 0.5) is 0 Å². The Morgan fingerprint density at radius 1 is 1.50 bits per heavy atom. The minimum absolute atomic E-state index is 0.178. The lowest BCUT2D eigenvalue weighted by Crippen LogP contribution is -2.37. The van der Waals surface area contributed by atoms with Crippen LogP contribution in [0.3, 0.4) is 0 Å². The molecule has 0 N–H and O–H groups in total. The summed E-state index contributed by atoms with van der Waals surface area (Å²) >= 11 is 0. The van der Waals surface area contributed by atoms with Crippen molar-refractivity contribution in [3.05, 3.63) is 29.6 Å². The summed E-state index contributed by atoms with van der Waals surface area (Å²) in [5.41, 5.74) is 2.31. The maximum Gasteiger partial charge on any atom is 0.219 e. The van der Waals surface area contributed by atoms with E-state index in [2.05, 4.69) is 17.1 Å². The SMILES string of the molecule is CC(=O)N1CCC[C@@H](c2ccc(C)cn2)C1. The van der Waals surface area contributed by atoms with Crippen LogP contribution in [0.5, 0.6) is 0 Å². The summed E-state index contributed by atoms with van der Waals surface area (Å²) in [4.78, 5) is 17.7. The second kappa shape index (κ2) is 4.64. The Morgan fingerprint density at radius 2 is 2.31 bits per heavy atom. The van der Waals surface area contributed by atoms with E-state index in [4.69, 9.17) is 0 Å². The molecule has 86 valence electrons. The molecule has 1 aliphatic rings. The van der Waals surface area contributed by atoms with Gasteiger partial charge >= 0.3 is 0 Å². The van der Waals surface area contributed by atoms with E-state index in [9.17, 15) is 4.79 Å². The quantitative estimate of drug-likeness (QED) is 0.723. The molecule has 0 spiro atoms. The number of rotatable bonds is 1. The molecule has 2 heterocycles. The van der Waals surface area contributed by atoms with Crippen molar-refractivity contribution in [3.8, 4) is 0 Å². The number of hydrogen-bond donors (Lipinski definition) is 0. The molecule has 16 heavy (non-hydrogen) atoms. The van der Waals surface area contributed by atoms with Gasteiger partial charge in [-0.2, -0.15) is 0 Å². The highest BCUT2D eigenvalue weighted by Gasteiger charge is 2.23. The third-order valence-electron chi connectivity index (χ3n) is 3.22. The van der Waals surface area contributed by atoms with Crippen LogP contribution >= 0.6 is 0 Å². The summed E-state index contributed by atoms with van der Waals surface area (Å²) in [6.45, 7) is 5.41. The molecule has 1 atom stereocenters. The average Bonchev–Trinajstić information content (AvgIpc) is 2.30. The molecule has 1 saturated heterocycles. The first-order valence-corrected chi connectivity index (χ1v) is 5.85. The van der Waals surface area contributed by atoms with E-state index >= 15 is 0 Å². The Morgan fingerprint density at radius 3 is 2.94 bits per heavy atom. The van der Waals surface area contributed by atoms with Crippen molar-refractivity contribution in [2.24, 2.45) is 0 Å². The van der Waals surface area contributed by atoms with Gasteiger partial charge < -0.3 is 4.90 Å². The lowest BCUT2D eigenvalue weighted by Gasteiger charge is -2.31. The molecule has 0 aromatic carbocycles. The lowest BCUT2D eigenvalue weighted by atomic mass is 9.94. The molecule has 1 aliphatic heterocycles. The molecule has 1 amide bonds. The highest BCUT2D eigenvalue weighted by atomic mass is 16.2. The Balaban J connectivity index is 2.09. The molecule has 1 fully saturated rings. The van der Waals surface area contributed by atoms with Crippen molar-refractivity contribution in [1.29, 1.82) is 0 Å². The van der Waals surface area contributed by atoms with Gasteiger partial charge in [0.05, 0.1) is 0 Å². The summed E-state index contributed by atoms with van der Waals surface area (Å²) in [6, 6.07) is 4.18. The van der Waals surface area contributed by atoms with Crippen LogP contribution in [0, 0.1) is 6.92 Å². The third-order valence-corrected chi connectivity index (χ3v) is 3.22. The van der Waals surface area contributed by atoms with Crippen LogP contribution in [0.25, 0.3) is 0 Å². The maximum atomic E-state index is 11.3. The van der Waals surface area contributed by atoms with E-state index in [1.807, 2.05) is 18.0 Å². The van der Waals surface area contributed by atoms with Crippen LogP contribution in [0.15, 0.2) is 18.3 Å². The first kappa shape index (κ1) is 11.1. The topological polar surface area (TPSA) is 33.2 Å². The third kappa shape index (κ3) is 2.40. The summed E-state index contributed by atoms with van der Waals surface area (Å²) in [7, 11) is 0. The van der Waals surface area contributed by atoms with Gasteiger partial charge in [-0.3, -0.25) is 9.78 Å². The van der Waals surface area contributed by atoms with Crippen LogP contribution in [-0.2, 0) is 4.79 Å². The van der Waals surface area contributed by atoms with Crippen molar-refractivity contribution < 1.29 is 4.79 Å². The number of pyridine rings is 1. The standard InChI is InChI=1S/C13H18N2O/c1-10-5-6-13(14-8-10)12-4-3-7-15(9-12)11(2)16/h5-6,8,12H,3-4,7,9H2,1-2H3/t12-/m1/s1. The molecular formula is C13H18N2O. The summed E-state index contributed by atoms with van der Waals surface area (Å²) in [5, 5.41) is 0. The van der Waals surface area contributed by atoms with E-state index < -0.39 is 0 Å². The predicted octanol–water partition coefficient (Wildman–Crippen LogP) is 2.12. The van der Waals surface area contributed by atoms with Gasteiger partial charge in [-0.25, -0.2) is 0 Å². The lowest BCUT2D eigenvalue weighted by molar-refractivity contribution is -0.130. The normalized spacial score (nSPS) is 20.9. The van der Waals surface area contributed by atoms with Gasteiger partial charge in [0, 0.05) is 37.8 Å². The molecule has 2 rings (SSSR count). The van der Waals surface area contributed by atoms with Gasteiger partial charge in [0.1, 0.15) is 0 Å². The molecule has 3 heteroatoms. The van der Waals surface area contributed by atoms with Gasteiger partial charge in [-0.15, -0.1) is 0 Å². The minimum atomic E-state index is 0.178. The van der Waals surface area contributed by atoms with Gasteiger partial charge in [0.2, 0.25) is 5.91 Å². The molecule has 0 unspecified atom stereocenters. The van der Waals surface area contributed by atoms with Crippen molar-refractivity contribution in [2.75, 3.05) is 13.1 Å². The second-order valence-corrected chi connectivity index (χ2v) is 4.56. The van der Waals surface area contributed by atoms with Crippen LogP contribution in [-0.4, -0.2) is 28.9 Å². The van der Waals surface area contributed by atoms with E-state index in [1.54, 1.807) is 6.92 Å². The fraction of sp³-hybridized carbons (Fsp3) is 0.538. The predicted molar refractivity (Wildman–Crippen MR) is 63.2 cm³/mol. The van der Waals surface area contributed by atoms with Crippen molar-refractivity contribution in [3.63, 3.8) is 0 Å². The first-order valence-electron chi connectivity index (χ1n) is 5.85. The molecule has 0 saturated carbocycles. The number of amides is 1. The molecule has 0 aliphatic carbocycles. The molecular weight excluding hydrogens is 200 g/mol. The number of carbonyl (C=O) groups excluding carboxylic acids is 1. The summed E-state index contributed by atoms with van der Waals surface area (Å²) in [6.07, 6.45) is 4.13. The van der Waals surface area contributed by atoms with Gasteiger partial charge in [-0.1, -0.05) is 6.07 Å². The monoisotopic (exact) mass is 218 g/mol. The molecule has 3 nitrogen and oxygen atoms in total. The van der Waals surface area contributed by atoms with Crippen LogP contribution < -0.4 is 0 Å². The highest BCUT2D eigenvalue weighted by Crippen LogP contribution is 2.25. The number of aromatic nitrogens is 1. The number of nitrogens with zero attached hydrogens (tertiary/aromatic N) is 2. The average molecular weight is 218 g/mol. The van der Waals surface area contributed by atoms with Gasteiger partial charge in [-0.05, 0) is 31.4 Å². The van der Waals surface area contributed by atoms with Gasteiger partial charge in [0.25, 0.3) is 0 Å². The molecule has 1 aromatic rings. The number of hydrogen-bond acceptors (Lipinski definition) is 2. The molecule has 1 aromatic heterocycles. The Labute approximate surface area is 96.5 Å². The van der Waals surface area contributed by atoms with E-state index in [-0.39, 0.29) is 5.91 Å². The van der Waals surface area contributed by atoms with Gasteiger partial charge in [0.15, 0.2) is 0 Å². The molecule has 0 radical (unpaired) electrons. The number of likely N-dealkylation sites (tertiary alicyclic amines) is 1. The first-order chi connectivity index (χ1) is 7.66. The van der Waals surface area contributed by atoms with Crippen LogP contribution in [0.1, 0.15) is 36.9 Å². The second-order valence-electron chi connectivity index (χ2n) is 4.56.